The van der Waals surface area contributed by atoms with Crippen molar-refractivity contribution in [3.63, 3.8) is 0 Å². The number of carbonyl (C=O) groups excluding carboxylic acids is 1. The second kappa shape index (κ2) is 8.57. The standard InChI is InChI=1S/C23H26N4O3/c1-16(18-12-13-18)24-22(28)15-26-21(14-17-8-4-3-5-9-17)25-27(23(26)29)19-10-6-7-11-20(19)30-2/h3-11,16,18H,12-15H2,1-2H3,(H,24,28). The van der Waals surface area contributed by atoms with Crippen molar-refractivity contribution in [2.75, 3.05) is 7.11 Å². The first-order valence-corrected chi connectivity index (χ1v) is 10.2. The fourth-order valence-corrected chi connectivity index (χ4v) is 3.62. The molecule has 1 aromatic heterocycles. The van der Waals surface area contributed by atoms with E-state index in [0.717, 1.165) is 18.4 Å². The van der Waals surface area contributed by atoms with E-state index in [2.05, 4.69) is 10.4 Å². The smallest absolute Gasteiger partial charge is 0.351 e. The third kappa shape index (κ3) is 4.30. The third-order valence-corrected chi connectivity index (χ3v) is 5.48. The van der Waals surface area contributed by atoms with Crippen LogP contribution in [0.1, 0.15) is 31.2 Å². The van der Waals surface area contributed by atoms with Crippen LogP contribution < -0.4 is 15.7 Å². The lowest BCUT2D eigenvalue weighted by Gasteiger charge is -2.13. The van der Waals surface area contributed by atoms with E-state index < -0.39 is 0 Å². The number of aromatic nitrogens is 3. The van der Waals surface area contributed by atoms with Crippen molar-refractivity contribution in [2.24, 2.45) is 5.92 Å². The second-order valence-corrected chi connectivity index (χ2v) is 7.72. The number of para-hydroxylation sites is 2. The van der Waals surface area contributed by atoms with E-state index in [9.17, 15) is 9.59 Å². The van der Waals surface area contributed by atoms with Crippen LogP contribution in [-0.2, 0) is 17.8 Å². The monoisotopic (exact) mass is 406 g/mol. The number of carbonyl (C=O) groups is 1. The predicted molar refractivity (Wildman–Crippen MR) is 114 cm³/mol. The van der Waals surface area contributed by atoms with Crippen LogP contribution in [0.3, 0.4) is 0 Å². The lowest BCUT2D eigenvalue weighted by Crippen LogP contribution is -2.39. The van der Waals surface area contributed by atoms with Crippen LogP contribution in [0.25, 0.3) is 5.69 Å². The lowest BCUT2D eigenvalue weighted by atomic mass is 10.1. The molecule has 30 heavy (non-hydrogen) atoms. The van der Waals surface area contributed by atoms with Crippen LogP contribution in [0.4, 0.5) is 0 Å². The minimum absolute atomic E-state index is 0.0623. The van der Waals surface area contributed by atoms with Gasteiger partial charge in [-0.25, -0.2) is 4.79 Å². The largest absolute Gasteiger partial charge is 0.494 e. The van der Waals surface area contributed by atoms with E-state index in [4.69, 9.17) is 4.74 Å². The zero-order chi connectivity index (χ0) is 21.1. The van der Waals surface area contributed by atoms with Crippen LogP contribution in [0.15, 0.2) is 59.4 Å². The van der Waals surface area contributed by atoms with E-state index in [-0.39, 0.29) is 24.2 Å². The summed E-state index contributed by atoms with van der Waals surface area (Å²) in [5, 5.41) is 7.59. The lowest BCUT2D eigenvalue weighted by molar-refractivity contribution is -0.122. The maximum Gasteiger partial charge on any atom is 0.351 e. The Bertz CT molecular complexity index is 1080. The van der Waals surface area contributed by atoms with Gasteiger partial charge in [0.1, 0.15) is 23.8 Å². The number of rotatable bonds is 8. The van der Waals surface area contributed by atoms with Crippen molar-refractivity contribution >= 4 is 5.91 Å². The Morgan fingerprint density at radius 1 is 1.17 bits per heavy atom. The van der Waals surface area contributed by atoms with Crippen LogP contribution in [0.2, 0.25) is 0 Å². The summed E-state index contributed by atoms with van der Waals surface area (Å²) in [4.78, 5) is 25.9. The van der Waals surface area contributed by atoms with Gasteiger partial charge in [0.2, 0.25) is 5.91 Å². The number of nitrogens with one attached hydrogen (secondary N) is 1. The minimum atomic E-state index is -0.361. The van der Waals surface area contributed by atoms with E-state index in [0.29, 0.717) is 29.6 Å². The molecule has 1 aliphatic rings. The molecule has 1 aliphatic carbocycles. The highest BCUT2D eigenvalue weighted by molar-refractivity contribution is 5.76. The first-order valence-electron chi connectivity index (χ1n) is 10.2. The molecule has 3 aromatic rings. The number of amides is 1. The average Bonchev–Trinajstić information content (AvgIpc) is 3.57. The quantitative estimate of drug-likeness (QED) is 0.624. The number of hydrogen-bond donors (Lipinski definition) is 1. The molecule has 7 heteroatoms. The number of benzene rings is 2. The highest BCUT2D eigenvalue weighted by Gasteiger charge is 2.29. The molecular weight excluding hydrogens is 380 g/mol. The van der Waals surface area contributed by atoms with E-state index in [1.54, 1.807) is 19.2 Å². The van der Waals surface area contributed by atoms with Gasteiger partial charge in [-0.2, -0.15) is 4.68 Å². The summed E-state index contributed by atoms with van der Waals surface area (Å²) in [5.41, 5.74) is 1.20. The number of hydrogen-bond acceptors (Lipinski definition) is 4. The molecule has 0 spiro atoms. The molecular formula is C23H26N4O3. The van der Waals surface area contributed by atoms with E-state index in [1.807, 2.05) is 49.4 Å². The Morgan fingerprint density at radius 2 is 1.87 bits per heavy atom. The van der Waals surface area contributed by atoms with Crippen LogP contribution >= 0.6 is 0 Å². The highest BCUT2D eigenvalue weighted by Crippen LogP contribution is 2.32. The first-order chi connectivity index (χ1) is 14.6. The fraction of sp³-hybridized carbons (Fsp3) is 0.348. The Labute approximate surface area is 175 Å². The van der Waals surface area contributed by atoms with Crippen molar-refractivity contribution in [2.45, 2.75) is 38.8 Å². The second-order valence-electron chi connectivity index (χ2n) is 7.72. The molecule has 1 unspecified atom stereocenters. The van der Waals surface area contributed by atoms with Crippen LogP contribution in [-0.4, -0.2) is 33.4 Å². The summed E-state index contributed by atoms with van der Waals surface area (Å²) in [6.45, 7) is 1.95. The molecule has 1 saturated carbocycles. The van der Waals surface area contributed by atoms with Crippen molar-refractivity contribution in [1.29, 1.82) is 0 Å². The van der Waals surface area contributed by atoms with Crippen molar-refractivity contribution < 1.29 is 9.53 Å². The summed E-state index contributed by atoms with van der Waals surface area (Å²) >= 11 is 0. The average molecular weight is 406 g/mol. The Kier molecular flexibility index (Phi) is 5.70. The van der Waals surface area contributed by atoms with Crippen LogP contribution in [0, 0.1) is 5.92 Å². The zero-order valence-corrected chi connectivity index (χ0v) is 17.2. The van der Waals surface area contributed by atoms with Gasteiger partial charge in [0.25, 0.3) is 0 Å². The maximum absolute atomic E-state index is 13.2. The molecule has 0 bridgehead atoms. The van der Waals surface area contributed by atoms with Gasteiger partial charge < -0.3 is 10.1 Å². The molecule has 0 radical (unpaired) electrons. The van der Waals surface area contributed by atoms with Crippen molar-refractivity contribution in [3.8, 4) is 11.4 Å². The van der Waals surface area contributed by atoms with Gasteiger partial charge >= 0.3 is 5.69 Å². The van der Waals surface area contributed by atoms with Gasteiger partial charge in [-0.15, -0.1) is 5.10 Å². The molecule has 0 aliphatic heterocycles. The molecule has 1 amide bonds. The molecule has 1 N–H and O–H groups in total. The third-order valence-electron chi connectivity index (χ3n) is 5.48. The number of nitrogens with zero attached hydrogens (tertiary/aromatic N) is 3. The Balaban J connectivity index is 1.69. The molecule has 0 saturated heterocycles. The van der Waals surface area contributed by atoms with E-state index >= 15 is 0 Å². The Hall–Kier alpha value is -3.35. The summed E-state index contributed by atoms with van der Waals surface area (Å²) in [5.74, 6) is 1.45. The number of ether oxygens (including phenoxy) is 1. The van der Waals surface area contributed by atoms with Gasteiger partial charge in [-0.05, 0) is 43.4 Å². The number of methoxy groups -OCH3 is 1. The predicted octanol–water partition coefficient (Wildman–Crippen LogP) is 2.55. The van der Waals surface area contributed by atoms with Gasteiger partial charge in [-0.1, -0.05) is 42.5 Å². The molecule has 1 heterocycles. The first kappa shape index (κ1) is 19.9. The van der Waals surface area contributed by atoms with Crippen molar-refractivity contribution in [1.82, 2.24) is 19.7 Å². The highest BCUT2D eigenvalue weighted by atomic mass is 16.5. The van der Waals surface area contributed by atoms with Gasteiger partial charge in [0.05, 0.1) is 7.11 Å². The fourth-order valence-electron chi connectivity index (χ4n) is 3.62. The van der Waals surface area contributed by atoms with Gasteiger partial charge in [0, 0.05) is 12.5 Å². The zero-order valence-electron chi connectivity index (χ0n) is 17.2. The molecule has 2 aromatic carbocycles. The summed E-state index contributed by atoms with van der Waals surface area (Å²) < 4.78 is 8.17. The summed E-state index contributed by atoms with van der Waals surface area (Å²) in [6, 6.07) is 17.1. The van der Waals surface area contributed by atoms with Gasteiger partial charge in [0.15, 0.2) is 0 Å². The van der Waals surface area contributed by atoms with Gasteiger partial charge in [-0.3, -0.25) is 9.36 Å². The maximum atomic E-state index is 13.2. The normalized spacial score (nSPS) is 14.3. The van der Waals surface area contributed by atoms with Crippen LogP contribution in [0.5, 0.6) is 5.75 Å². The topological polar surface area (TPSA) is 78.2 Å². The summed E-state index contributed by atoms with van der Waals surface area (Å²) in [6.07, 6.45) is 2.74. The SMILES string of the molecule is COc1ccccc1-n1nc(Cc2ccccc2)n(CC(=O)NC(C)C2CC2)c1=O. The van der Waals surface area contributed by atoms with Crippen molar-refractivity contribution in [3.05, 3.63) is 76.5 Å². The minimum Gasteiger partial charge on any atom is -0.494 e. The molecule has 1 atom stereocenters. The molecule has 1 fully saturated rings. The summed E-state index contributed by atoms with van der Waals surface area (Å²) in [7, 11) is 1.55. The molecule has 156 valence electrons. The molecule has 7 nitrogen and oxygen atoms in total. The molecule has 4 rings (SSSR count). The van der Waals surface area contributed by atoms with E-state index in [1.165, 1.54) is 9.25 Å². The Morgan fingerprint density at radius 3 is 2.57 bits per heavy atom.